The molecule has 0 radical (unpaired) electrons. The van der Waals surface area contributed by atoms with E-state index in [1.807, 2.05) is 19.0 Å². The molecule has 3 rings (SSSR count). The van der Waals surface area contributed by atoms with Crippen LogP contribution in [0.15, 0.2) is 71.6 Å². The van der Waals surface area contributed by atoms with Gasteiger partial charge < -0.3 is 10.2 Å². The Labute approximate surface area is 192 Å². The van der Waals surface area contributed by atoms with E-state index in [9.17, 15) is 22.0 Å². The molecule has 1 amide bonds. The minimum Gasteiger partial charge on any atom is -0.350 e. The highest BCUT2D eigenvalue weighted by molar-refractivity contribution is 7.92. The second-order valence-electron chi connectivity index (χ2n) is 7.84. The van der Waals surface area contributed by atoms with Crippen LogP contribution in [0.4, 0.5) is 14.5 Å². The Morgan fingerprint density at radius 1 is 1.00 bits per heavy atom. The zero-order valence-corrected chi connectivity index (χ0v) is 19.3. The third kappa shape index (κ3) is 6.15. The molecule has 0 aliphatic heterocycles. The van der Waals surface area contributed by atoms with Crippen molar-refractivity contribution in [3.05, 3.63) is 95.1 Å². The number of hydrogen-bond donors (Lipinski definition) is 2. The van der Waals surface area contributed by atoms with E-state index in [2.05, 4.69) is 10.0 Å². The lowest BCUT2D eigenvalue weighted by Gasteiger charge is -2.25. The topological polar surface area (TPSA) is 78.5 Å². The minimum absolute atomic E-state index is 0.165. The lowest BCUT2D eigenvalue weighted by molar-refractivity contribution is 0.0942. The third-order valence-corrected chi connectivity index (χ3v) is 6.52. The number of nitrogens with zero attached hydrogens (tertiary/aromatic N) is 1. The standard InChI is InChI=1S/C24H25F2N3O3S/c1-16-10-11-21(14-22(16)26)33(31,32)28-20-9-5-7-18(13-20)24(30)27-15-23(29(2)3)17-6-4-8-19(25)12-17/h4-14,23,28H,15H2,1-3H3,(H,27,30)/t23-/m1/s1. The third-order valence-electron chi connectivity index (χ3n) is 5.14. The van der Waals surface area contributed by atoms with Crippen LogP contribution in [0.1, 0.15) is 27.5 Å². The quantitative estimate of drug-likeness (QED) is 0.516. The molecule has 0 heterocycles. The molecule has 0 saturated heterocycles. The molecule has 174 valence electrons. The summed E-state index contributed by atoms with van der Waals surface area (Å²) < 4.78 is 55.0. The van der Waals surface area contributed by atoms with Gasteiger partial charge in [0.15, 0.2) is 0 Å². The van der Waals surface area contributed by atoms with Crippen molar-refractivity contribution in [1.82, 2.24) is 10.2 Å². The van der Waals surface area contributed by atoms with Crippen LogP contribution >= 0.6 is 0 Å². The zero-order chi connectivity index (χ0) is 24.2. The fourth-order valence-corrected chi connectivity index (χ4v) is 4.34. The molecule has 0 spiro atoms. The van der Waals surface area contributed by atoms with E-state index < -0.39 is 21.7 Å². The fourth-order valence-electron chi connectivity index (χ4n) is 3.28. The molecule has 3 aromatic rings. The molecule has 2 N–H and O–H groups in total. The number of sulfonamides is 1. The van der Waals surface area contributed by atoms with E-state index >= 15 is 0 Å². The molecule has 0 aliphatic rings. The molecule has 0 aromatic heterocycles. The maximum Gasteiger partial charge on any atom is 0.261 e. The Morgan fingerprint density at radius 3 is 2.39 bits per heavy atom. The highest BCUT2D eigenvalue weighted by atomic mass is 32.2. The van der Waals surface area contributed by atoms with Gasteiger partial charge in [0.2, 0.25) is 0 Å². The number of amides is 1. The minimum atomic E-state index is -4.04. The molecule has 0 bridgehead atoms. The molecular formula is C24H25F2N3O3S. The van der Waals surface area contributed by atoms with Crippen molar-refractivity contribution in [3.63, 3.8) is 0 Å². The highest BCUT2D eigenvalue weighted by Gasteiger charge is 2.19. The van der Waals surface area contributed by atoms with Crippen molar-refractivity contribution in [2.75, 3.05) is 25.4 Å². The Kier molecular flexibility index (Phi) is 7.45. The first-order chi connectivity index (χ1) is 15.6. The smallest absolute Gasteiger partial charge is 0.261 e. The Bertz CT molecular complexity index is 1260. The molecule has 6 nitrogen and oxygen atoms in total. The molecule has 0 saturated carbocycles. The molecule has 3 aromatic carbocycles. The predicted molar refractivity (Wildman–Crippen MR) is 124 cm³/mol. The van der Waals surface area contributed by atoms with Gasteiger partial charge in [0.25, 0.3) is 15.9 Å². The zero-order valence-electron chi connectivity index (χ0n) is 18.5. The van der Waals surface area contributed by atoms with Crippen molar-refractivity contribution in [2.24, 2.45) is 0 Å². The van der Waals surface area contributed by atoms with Crippen LogP contribution in [0.3, 0.4) is 0 Å². The van der Waals surface area contributed by atoms with Gasteiger partial charge in [-0.2, -0.15) is 0 Å². The number of anilines is 1. The number of benzene rings is 3. The van der Waals surface area contributed by atoms with Crippen molar-refractivity contribution < 1.29 is 22.0 Å². The summed E-state index contributed by atoms with van der Waals surface area (Å²) in [6, 6.07) is 15.5. The Balaban J connectivity index is 1.73. The van der Waals surface area contributed by atoms with E-state index in [1.54, 1.807) is 24.3 Å². The SMILES string of the molecule is Cc1ccc(S(=O)(=O)Nc2cccc(C(=O)NC[C@H](c3cccc(F)c3)N(C)C)c2)cc1F. The molecule has 0 fully saturated rings. The van der Waals surface area contributed by atoms with Gasteiger partial charge in [-0.05, 0) is 74.6 Å². The van der Waals surface area contributed by atoms with Crippen molar-refractivity contribution in [3.8, 4) is 0 Å². The van der Waals surface area contributed by atoms with Crippen molar-refractivity contribution in [2.45, 2.75) is 17.9 Å². The first kappa shape index (κ1) is 24.3. The Morgan fingerprint density at radius 2 is 1.73 bits per heavy atom. The van der Waals surface area contributed by atoms with Crippen LogP contribution in [-0.2, 0) is 10.0 Å². The number of aryl methyl sites for hydroxylation is 1. The van der Waals surface area contributed by atoms with Gasteiger partial charge in [0.05, 0.1) is 10.9 Å². The van der Waals surface area contributed by atoms with E-state index in [0.29, 0.717) is 11.1 Å². The predicted octanol–water partition coefficient (Wildman–Crippen LogP) is 4.11. The van der Waals surface area contributed by atoms with E-state index in [0.717, 1.165) is 6.07 Å². The van der Waals surface area contributed by atoms with Crippen LogP contribution in [-0.4, -0.2) is 39.9 Å². The summed E-state index contributed by atoms with van der Waals surface area (Å²) >= 11 is 0. The van der Waals surface area contributed by atoms with Gasteiger partial charge in [-0.3, -0.25) is 9.52 Å². The maximum atomic E-state index is 13.8. The van der Waals surface area contributed by atoms with Crippen LogP contribution in [0.2, 0.25) is 0 Å². The molecular weight excluding hydrogens is 448 g/mol. The summed E-state index contributed by atoms with van der Waals surface area (Å²) in [5, 5.41) is 2.80. The van der Waals surface area contributed by atoms with Crippen LogP contribution < -0.4 is 10.0 Å². The number of carbonyl (C=O) groups is 1. The van der Waals surface area contributed by atoms with Gasteiger partial charge >= 0.3 is 0 Å². The molecule has 0 unspecified atom stereocenters. The summed E-state index contributed by atoms with van der Waals surface area (Å²) in [5.74, 6) is -1.40. The molecule has 1 atom stereocenters. The molecule has 33 heavy (non-hydrogen) atoms. The second kappa shape index (κ2) is 10.1. The fraction of sp³-hybridized carbons (Fsp3) is 0.208. The van der Waals surface area contributed by atoms with Crippen LogP contribution in [0.5, 0.6) is 0 Å². The van der Waals surface area contributed by atoms with Gasteiger partial charge in [-0.15, -0.1) is 0 Å². The second-order valence-corrected chi connectivity index (χ2v) is 9.52. The van der Waals surface area contributed by atoms with Gasteiger partial charge in [0.1, 0.15) is 11.6 Å². The average Bonchev–Trinajstić information content (AvgIpc) is 2.75. The van der Waals surface area contributed by atoms with Gasteiger partial charge in [0, 0.05) is 17.8 Å². The summed E-state index contributed by atoms with van der Waals surface area (Å²) in [6.07, 6.45) is 0. The summed E-state index contributed by atoms with van der Waals surface area (Å²) in [7, 11) is -0.387. The first-order valence-electron chi connectivity index (χ1n) is 10.2. The maximum absolute atomic E-state index is 13.8. The Hall–Kier alpha value is -3.30. The van der Waals surface area contributed by atoms with E-state index in [-0.39, 0.29) is 34.6 Å². The van der Waals surface area contributed by atoms with E-state index in [1.165, 1.54) is 43.3 Å². The lowest BCUT2D eigenvalue weighted by Crippen LogP contribution is -2.34. The number of rotatable bonds is 8. The number of halogens is 2. The number of likely N-dealkylation sites (N-methyl/N-ethyl adjacent to an activating group) is 1. The van der Waals surface area contributed by atoms with E-state index in [4.69, 9.17) is 0 Å². The largest absolute Gasteiger partial charge is 0.350 e. The average molecular weight is 474 g/mol. The summed E-state index contributed by atoms with van der Waals surface area (Å²) in [5.41, 5.74) is 1.45. The molecule has 0 aliphatic carbocycles. The van der Waals surface area contributed by atoms with Crippen molar-refractivity contribution in [1.29, 1.82) is 0 Å². The lowest BCUT2D eigenvalue weighted by atomic mass is 10.1. The number of hydrogen-bond acceptors (Lipinski definition) is 4. The van der Waals surface area contributed by atoms with Gasteiger partial charge in [-0.25, -0.2) is 17.2 Å². The normalized spacial score (nSPS) is 12.4. The summed E-state index contributed by atoms with van der Waals surface area (Å²) in [6.45, 7) is 1.75. The number of carbonyl (C=O) groups excluding carboxylic acids is 1. The highest BCUT2D eigenvalue weighted by Crippen LogP contribution is 2.21. The van der Waals surface area contributed by atoms with Crippen LogP contribution in [0.25, 0.3) is 0 Å². The molecule has 9 heteroatoms. The van der Waals surface area contributed by atoms with Crippen molar-refractivity contribution >= 4 is 21.6 Å². The summed E-state index contributed by atoms with van der Waals surface area (Å²) in [4.78, 5) is 14.4. The monoisotopic (exact) mass is 473 g/mol. The van der Waals surface area contributed by atoms with Gasteiger partial charge in [-0.1, -0.05) is 24.3 Å². The number of nitrogens with one attached hydrogen (secondary N) is 2. The first-order valence-corrected chi connectivity index (χ1v) is 11.6. The van der Waals surface area contributed by atoms with Crippen LogP contribution in [0, 0.1) is 18.6 Å².